The van der Waals surface area contributed by atoms with Crippen LogP contribution in [0.1, 0.15) is 24.2 Å². The van der Waals surface area contributed by atoms with Gasteiger partial charge in [0.1, 0.15) is 18.2 Å². The number of nitrogens with one attached hydrogen (secondary N) is 1. The first kappa shape index (κ1) is 22.1. The first-order valence-corrected chi connectivity index (χ1v) is 10.5. The van der Waals surface area contributed by atoms with E-state index in [1.165, 1.54) is 7.11 Å². The average Bonchev–Trinajstić information content (AvgIpc) is 3.09. The van der Waals surface area contributed by atoms with Gasteiger partial charge in [-0.15, -0.1) is 0 Å². The molecule has 160 valence electrons. The average molecular weight is 430 g/mol. The third-order valence-corrected chi connectivity index (χ3v) is 5.26. The first-order chi connectivity index (χ1) is 14.6. The molecular formula is C23H28ClN3O3. The van der Waals surface area contributed by atoms with Crippen molar-refractivity contribution >= 4 is 28.5 Å². The molecule has 1 N–H and O–H groups in total. The smallest absolute Gasteiger partial charge is 0.245 e. The Kier molecular flexibility index (Phi) is 8.11. The fourth-order valence-electron chi connectivity index (χ4n) is 3.34. The summed E-state index contributed by atoms with van der Waals surface area (Å²) in [6.45, 7) is 4.09. The summed E-state index contributed by atoms with van der Waals surface area (Å²) in [5.41, 5.74) is 3.12. The Hall–Kier alpha value is -2.57. The SMILES string of the molecule is COCC(=O)NCCCc1nc2ccccc2n1CCCOc1ccc(Cl)c(C)c1. The number of hydrogen-bond acceptors (Lipinski definition) is 4. The zero-order chi connectivity index (χ0) is 21.3. The van der Waals surface area contributed by atoms with Gasteiger partial charge in [-0.25, -0.2) is 4.98 Å². The second-order valence-corrected chi connectivity index (χ2v) is 7.58. The number of hydrogen-bond donors (Lipinski definition) is 1. The number of rotatable bonds is 11. The number of aromatic nitrogens is 2. The summed E-state index contributed by atoms with van der Waals surface area (Å²) < 4.78 is 13.0. The number of nitrogens with zero attached hydrogens (tertiary/aromatic N) is 2. The van der Waals surface area contributed by atoms with E-state index in [2.05, 4.69) is 16.0 Å². The largest absolute Gasteiger partial charge is 0.494 e. The molecule has 7 heteroatoms. The molecule has 0 aliphatic carbocycles. The van der Waals surface area contributed by atoms with Gasteiger partial charge in [-0.05, 0) is 55.7 Å². The van der Waals surface area contributed by atoms with E-state index in [9.17, 15) is 4.79 Å². The number of fused-ring (bicyclic) bond motifs is 1. The van der Waals surface area contributed by atoms with Crippen LogP contribution in [0.5, 0.6) is 5.75 Å². The molecule has 0 atom stereocenters. The number of para-hydroxylation sites is 2. The highest BCUT2D eigenvalue weighted by molar-refractivity contribution is 6.31. The summed E-state index contributed by atoms with van der Waals surface area (Å²) in [5, 5.41) is 3.60. The molecule has 0 radical (unpaired) electrons. The fourth-order valence-corrected chi connectivity index (χ4v) is 3.46. The van der Waals surface area contributed by atoms with Crippen LogP contribution in [0, 0.1) is 6.92 Å². The molecule has 3 rings (SSSR count). The van der Waals surface area contributed by atoms with Crippen molar-refractivity contribution in [1.82, 2.24) is 14.9 Å². The molecule has 1 amide bonds. The van der Waals surface area contributed by atoms with Crippen LogP contribution in [0.4, 0.5) is 0 Å². The molecule has 0 saturated heterocycles. The summed E-state index contributed by atoms with van der Waals surface area (Å²) >= 11 is 6.07. The van der Waals surface area contributed by atoms with Crippen molar-refractivity contribution in [3.63, 3.8) is 0 Å². The van der Waals surface area contributed by atoms with Gasteiger partial charge in [0.15, 0.2) is 0 Å². The van der Waals surface area contributed by atoms with Crippen LogP contribution in [0.3, 0.4) is 0 Å². The maximum Gasteiger partial charge on any atom is 0.245 e. The Bertz CT molecular complexity index is 987. The van der Waals surface area contributed by atoms with Crippen molar-refractivity contribution < 1.29 is 14.3 Å². The second-order valence-electron chi connectivity index (χ2n) is 7.17. The molecule has 0 spiro atoms. The van der Waals surface area contributed by atoms with Crippen molar-refractivity contribution in [3.8, 4) is 5.75 Å². The standard InChI is InChI=1S/C23H28ClN3O3/c1-17-15-18(10-11-19(17)24)30-14-6-13-27-21-8-4-3-7-20(21)26-22(27)9-5-12-25-23(28)16-29-2/h3-4,7-8,10-11,15H,5-6,9,12-14,16H2,1-2H3,(H,25,28). The van der Waals surface area contributed by atoms with Gasteiger partial charge < -0.3 is 19.4 Å². The normalized spacial score (nSPS) is 11.0. The molecule has 0 saturated carbocycles. The van der Waals surface area contributed by atoms with Gasteiger partial charge in [0.25, 0.3) is 0 Å². The Morgan fingerprint density at radius 2 is 2.03 bits per heavy atom. The summed E-state index contributed by atoms with van der Waals surface area (Å²) in [4.78, 5) is 16.3. The molecule has 1 aromatic heterocycles. The van der Waals surface area contributed by atoms with E-state index < -0.39 is 0 Å². The zero-order valence-electron chi connectivity index (χ0n) is 17.5. The molecule has 1 heterocycles. The lowest BCUT2D eigenvalue weighted by Crippen LogP contribution is -2.28. The van der Waals surface area contributed by atoms with Crippen LogP contribution >= 0.6 is 11.6 Å². The number of amides is 1. The summed E-state index contributed by atoms with van der Waals surface area (Å²) in [6.07, 6.45) is 2.47. The highest BCUT2D eigenvalue weighted by atomic mass is 35.5. The van der Waals surface area contributed by atoms with Gasteiger partial charge >= 0.3 is 0 Å². The number of halogens is 1. The third-order valence-electron chi connectivity index (χ3n) is 4.83. The maximum absolute atomic E-state index is 11.5. The van der Waals surface area contributed by atoms with Crippen LogP contribution in [-0.4, -0.2) is 42.3 Å². The van der Waals surface area contributed by atoms with E-state index in [0.29, 0.717) is 13.2 Å². The van der Waals surface area contributed by atoms with Crippen LogP contribution in [0.25, 0.3) is 11.0 Å². The minimum absolute atomic E-state index is 0.0889. The van der Waals surface area contributed by atoms with Gasteiger partial charge in [-0.1, -0.05) is 23.7 Å². The number of methoxy groups -OCH3 is 1. The van der Waals surface area contributed by atoms with Crippen molar-refractivity contribution in [2.24, 2.45) is 0 Å². The molecule has 30 heavy (non-hydrogen) atoms. The zero-order valence-corrected chi connectivity index (χ0v) is 18.2. The van der Waals surface area contributed by atoms with E-state index in [1.54, 1.807) is 0 Å². The second kappa shape index (κ2) is 11.0. The Balaban J connectivity index is 1.57. The number of imidazole rings is 1. The first-order valence-electron chi connectivity index (χ1n) is 10.2. The predicted octanol–water partition coefficient (Wildman–Crippen LogP) is 4.16. The van der Waals surface area contributed by atoms with Crippen LogP contribution in [0.15, 0.2) is 42.5 Å². The van der Waals surface area contributed by atoms with Crippen molar-refractivity contribution in [3.05, 3.63) is 58.9 Å². The molecule has 0 aliphatic rings. The Labute approximate surface area is 182 Å². The van der Waals surface area contributed by atoms with Crippen molar-refractivity contribution in [2.45, 2.75) is 32.7 Å². The third kappa shape index (κ3) is 5.97. The minimum atomic E-state index is -0.0967. The number of aryl methyl sites for hydroxylation is 3. The van der Waals surface area contributed by atoms with Gasteiger partial charge in [-0.3, -0.25) is 4.79 Å². The Morgan fingerprint density at radius 3 is 2.83 bits per heavy atom. The molecule has 3 aromatic rings. The summed E-state index contributed by atoms with van der Waals surface area (Å²) in [5.74, 6) is 1.76. The monoisotopic (exact) mass is 429 g/mol. The molecular weight excluding hydrogens is 402 g/mol. The number of ether oxygens (including phenoxy) is 2. The summed E-state index contributed by atoms with van der Waals surface area (Å²) in [6, 6.07) is 13.9. The molecule has 0 aliphatic heterocycles. The predicted molar refractivity (Wildman–Crippen MR) is 119 cm³/mol. The van der Waals surface area contributed by atoms with Gasteiger partial charge in [0.2, 0.25) is 5.91 Å². The molecule has 0 bridgehead atoms. The van der Waals surface area contributed by atoms with Crippen LogP contribution in [-0.2, 0) is 22.5 Å². The molecule has 0 fully saturated rings. The van der Waals surface area contributed by atoms with Crippen molar-refractivity contribution in [1.29, 1.82) is 0 Å². The topological polar surface area (TPSA) is 65.4 Å². The lowest BCUT2D eigenvalue weighted by atomic mass is 10.2. The summed E-state index contributed by atoms with van der Waals surface area (Å²) in [7, 11) is 1.51. The molecule has 2 aromatic carbocycles. The fraction of sp³-hybridized carbons (Fsp3) is 0.391. The highest BCUT2D eigenvalue weighted by Gasteiger charge is 2.10. The number of carbonyl (C=O) groups is 1. The van der Waals surface area contributed by atoms with E-state index in [-0.39, 0.29) is 12.5 Å². The quantitative estimate of drug-likeness (QED) is 0.465. The van der Waals surface area contributed by atoms with Crippen LogP contribution < -0.4 is 10.1 Å². The lowest BCUT2D eigenvalue weighted by molar-refractivity contribution is -0.124. The Morgan fingerprint density at radius 1 is 1.20 bits per heavy atom. The van der Waals surface area contributed by atoms with Gasteiger partial charge in [0.05, 0.1) is 17.6 Å². The van der Waals surface area contributed by atoms with E-state index >= 15 is 0 Å². The molecule has 6 nitrogen and oxygen atoms in total. The number of benzene rings is 2. The van der Waals surface area contributed by atoms with E-state index in [4.69, 9.17) is 26.1 Å². The maximum atomic E-state index is 11.5. The van der Waals surface area contributed by atoms with E-state index in [0.717, 1.165) is 59.0 Å². The number of carbonyl (C=O) groups excluding carboxylic acids is 1. The van der Waals surface area contributed by atoms with Crippen LogP contribution in [0.2, 0.25) is 5.02 Å². The van der Waals surface area contributed by atoms with Gasteiger partial charge in [0, 0.05) is 31.6 Å². The minimum Gasteiger partial charge on any atom is -0.494 e. The lowest BCUT2D eigenvalue weighted by Gasteiger charge is -2.11. The van der Waals surface area contributed by atoms with E-state index in [1.807, 2.05) is 43.3 Å². The highest BCUT2D eigenvalue weighted by Crippen LogP contribution is 2.22. The van der Waals surface area contributed by atoms with Crippen molar-refractivity contribution in [2.75, 3.05) is 26.9 Å². The van der Waals surface area contributed by atoms with Gasteiger partial charge in [-0.2, -0.15) is 0 Å². The molecule has 0 unspecified atom stereocenters.